The molecule has 0 aliphatic rings. The number of rotatable bonds is 3. The predicted octanol–water partition coefficient (Wildman–Crippen LogP) is 5.08. The fourth-order valence-corrected chi connectivity index (χ4v) is 2.91. The van der Waals surface area contributed by atoms with E-state index in [0.717, 1.165) is 14.7 Å². The van der Waals surface area contributed by atoms with Crippen LogP contribution in [-0.2, 0) is 5.41 Å². The first kappa shape index (κ1) is 17.0. The Kier molecular flexibility index (Phi) is 5.27. The van der Waals surface area contributed by atoms with Gasteiger partial charge in [-0.15, -0.1) is 0 Å². The van der Waals surface area contributed by atoms with Crippen molar-refractivity contribution in [3.05, 3.63) is 68.8 Å². The minimum absolute atomic E-state index is 0.0162. The maximum absolute atomic E-state index is 12.4. The summed E-state index contributed by atoms with van der Waals surface area (Å²) in [6.45, 7) is 8.61. The molecule has 2 nitrogen and oxygen atoms in total. The first-order chi connectivity index (χ1) is 10.3. The number of carbonyl (C=O) groups excluding carboxylic acids is 1. The molecule has 2 aromatic carbocycles. The van der Waals surface area contributed by atoms with Crippen LogP contribution in [0.4, 0.5) is 0 Å². The summed E-state index contributed by atoms with van der Waals surface area (Å²) in [5.74, 6) is -0.0302. The molecule has 0 bridgehead atoms. The summed E-state index contributed by atoms with van der Waals surface area (Å²) in [5, 5.41) is 3.07. The molecular formula is C19H22INO. The van der Waals surface area contributed by atoms with E-state index in [4.69, 9.17) is 0 Å². The van der Waals surface area contributed by atoms with Gasteiger partial charge in [0.05, 0.1) is 11.6 Å². The van der Waals surface area contributed by atoms with E-state index in [1.807, 2.05) is 31.2 Å². The molecule has 22 heavy (non-hydrogen) atoms. The quantitative estimate of drug-likeness (QED) is 0.707. The Morgan fingerprint density at radius 2 is 1.64 bits per heavy atom. The molecule has 1 amide bonds. The van der Waals surface area contributed by atoms with Crippen molar-refractivity contribution >= 4 is 28.5 Å². The Labute approximate surface area is 146 Å². The zero-order valence-electron chi connectivity index (χ0n) is 13.5. The van der Waals surface area contributed by atoms with Crippen molar-refractivity contribution in [3.63, 3.8) is 0 Å². The standard InChI is InChI=1S/C19H22INO/c1-13(14-9-11-15(12-10-14)19(2,3)4)21-18(22)16-7-5-6-8-17(16)20/h5-13H,1-4H3,(H,21,22)/t13-/m0/s1. The highest BCUT2D eigenvalue weighted by atomic mass is 127. The average Bonchev–Trinajstić information content (AvgIpc) is 2.46. The summed E-state index contributed by atoms with van der Waals surface area (Å²) in [5.41, 5.74) is 3.28. The van der Waals surface area contributed by atoms with Crippen LogP contribution >= 0.6 is 22.6 Å². The maximum Gasteiger partial charge on any atom is 0.252 e. The molecule has 0 aliphatic heterocycles. The fraction of sp³-hybridized carbons (Fsp3) is 0.316. The SMILES string of the molecule is C[C@H](NC(=O)c1ccccc1I)c1ccc(C(C)(C)C)cc1. The van der Waals surface area contributed by atoms with E-state index in [2.05, 4.69) is 72.9 Å². The van der Waals surface area contributed by atoms with Crippen LogP contribution in [0.15, 0.2) is 48.5 Å². The van der Waals surface area contributed by atoms with E-state index in [-0.39, 0.29) is 17.4 Å². The van der Waals surface area contributed by atoms with Gasteiger partial charge in [0.15, 0.2) is 0 Å². The van der Waals surface area contributed by atoms with Crippen molar-refractivity contribution in [1.29, 1.82) is 0 Å². The molecule has 0 heterocycles. The second-order valence-corrected chi connectivity index (χ2v) is 7.71. The van der Waals surface area contributed by atoms with Gasteiger partial charge in [-0.3, -0.25) is 4.79 Å². The van der Waals surface area contributed by atoms with Crippen LogP contribution < -0.4 is 5.32 Å². The van der Waals surface area contributed by atoms with Gasteiger partial charge in [-0.05, 0) is 58.2 Å². The van der Waals surface area contributed by atoms with Gasteiger partial charge in [0.2, 0.25) is 0 Å². The third-order valence-corrected chi connectivity index (χ3v) is 4.68. The van der Waals surface area contributed by atoms with E-state index in [1.54, 1.807) is 0 Å². The summed E-state index contributed by atoms with van der Waals surface area (Å²) < 4.78 is 0.966. The summed E-state index contributed by atoms with van der Waals surface area (Å²) in [7, 11) is 0. The van der Waals surface area contributed by atoms with E-state index in [9.17, 15) is 4.79 Å². The van der Waals surface area contributed by atoms with Crippen LogP contribution in [0.25, 0.3) is 0 Å². The normalized spacial score (nSPS) is 12.8. The van der Waals surface area contributed by atoms with Crippen LogP contribution in [0.3, 0.4) is 0 Å². The molecule has 2 rings (SSSR count). The van der Waals surface area contributed by atoms with Crippen molar-refractivity contribution in [3.8, 4) is 0 Å². The second-order valence-electron chi connectivity index (χ2n) is 6.55. The average molecular weight is 407 g/mol. The monoisotopic (exact) mass is 407 g/mol. The molecule has 2 aromatic rings. The number of nitrogens with one attached hydrogen (secondary N) is 1. The van der Waals surface area contributed by atoms with Crippen LogP contribution in [-0.4, -0.2) is 5.91 Å². The summed E-state index contributed by atoms with van der Waals surface area (Å²) in [6.07, 6.45) is 0. The molecule has 0 fully saturated rings. The molecule has 0 unspecified atom stereocenters. The lowest BCUT2D eigenvalue weighted by Gasteiger charge is -2.21. The third-order valence-electron chi connectivity index (χ3n) is 3.74. The highest BCUT2D eigenvalue weighted by Crippen LogP contribution is 2.24. The molecule has 0 radical (unpaired) electrons. The van der Waals surface area contributed by atoms with Crippen molar-refractivity contribution in [1.82, 2.24) is 5.32 Å². The van der Waals surface area contributed by atoms with Gasteiger partial charge < -0.3 is 5.32 Å². The van der Waals surface area contributed by atoms with Crippen molar-refractivity contribution < 1.29 is 4.79 Å². The van der Waals surface area contributed by atoms with Gasteiger partial charge in [0.1, 0.15) is 0 Å². The van der Waals surface area contributed by atoms with Gasteiger partial charge in [-0.2, -0.15) is 0 Å². The number of carbonyl (C=O) groups is 1. The maximum atomic E-state index is 12.4. The largest absolute Gasteiger partial charge is 0.345 e. The minimum atomic E-state index is -0.0302. The van der Waals surface area contributed by atoms with Crippen molar-refractivity contribution in [2.75, 3.05) is 0 Å². The number of hydrogen-bond donors (Lipinski definition) is 1. The first-order valence-electron chi connectivity index (χ1n) is 7.45. The summed E-state index contributed by atoms with van der Waals surface area (Å²) in [6, 6.07) is 16.1. The molecule has 1 N–H and O–H groups in total. The van der Waals surface area contributed by atoms with Crippen molar-refractivity contribution in [2.24, 2.45) is 0 Å². The van der Waals surface area contributed by atoms with Crippen molar-refractivity contribution in [2.45, 2.75) is 39.2 Å². The molecule has 0 saturated carbocycles. The van der Waals surface area contributed by atoms with E-state index >= 15 is 0 Å². The molecular weight excluding hydrogens is 385 g/mol. The molecule has 3 heteroatoms. The molecule has 0 saturated heterocycles. The van der Waals surface area contributed by atoms with Crippen LogP contribution in [0, 0.1) is 3.57 Å². The zero-order valence-corrected chi connectivity index (χ0v) is 15.6. The molecule has 116 valence electrons. The number of hydrogen-bond acceptors (Lipinski definition) is 1. The Bertz CT molecular complexity index is 656. The Balaban J connectivity index is 2.11. The van der Waals surface area contributed by atoms with Gasteiger partial charge in [0.25, 0.3) is 5.91 Å². The number of amides is 1. The summed E-state index contributed by atoms with van der Waals surface area (Å²) >= 11 is 2.19. The van der Waals surface area contributed by atoms with Crippen LogP contribution in [0.1, 0.15) is 55.2 Å². The molecule has 0 spiro atoms. The van der Waals surface area contributed by atoms with E-state index in [1.165, 1.54) is 5.56 Å². The van der Waals surface area contributed by atoms with E-state index in [0.29, 0.717) is 0 Å². The molecule has 0 aromatic heterocycles. The van der Waals surface area contributed by atoms with E-state index < -0.39 is 0 Å². The van der Waals surface area contributed by atoms with Gasteiger partial charge in [-0.25, -0.2) is 0 Å². The highest BCUT2D eigenvalue weighted by molar-refractivity contribution is 14.1. The summed E-state index contributed by atoms with van der Waals surface area (Å²) in [4.78, 5) is 12.4. The number of halogens is 1. The Morgan fingerprint density at radius 1 is 1.05 bits per heavy atom. The van der Waals surface area contributed by atoms with Gasteiger partial charge >= 0.3 is 0 Å². The Morgan fingerprint density at radius 3 is 2.18 bits per heavy atom. The minimum Gasteiger partial charge on any atom is -0.345 e. The highest BCUT2D eigenvalue weighted by Gasteiger charge is 2.16. The lowest BCUT2D eigenvalue weighted by Crippen LogP contribution is -2.27. The first-order valence-corrected chi connectivity index (χ1v) is 8.53. The molecule has 0 aliphatic carbocycles. The van der Waals surface area contributed by atoms with Gasteiger partial charge in [-0.1, -0.05) is 57.2 Å². The second kappa shape index (κ2) is 6.82. The Hall–Kier alpha value is -1.36. The molecule has 1 atom stereocenters. The van der Waals surface area contributed by atoms with Crippen LogP contribution in [0.5, 0.6) is 0 Å². The lowest BCUT2D eigenvalue weighted by atomic mass is 9.86. The smallest absolute Gasteiger partial charge is 0.252 e. The topological polar surface area (TPSA) is 29.1 Å². The fourth-order valence-electron chi connectivity index (χ4n) is 2.27. The number of benzene rings is 2. The zero-order chi connectivity index (χ0) is 16.3. The lowest BCUT2D eigenvalue weighted by molar-refractivity contribution is 0.0939. The third kappa shape index (κ3) is 4.09. The van der Waals surface area contributed by atoms with Crippen LogP contribution in [0.2, 0.25) is 0 Å². The van der Waals surface area contributed by atoms with Gasteiger partial charge in [0, 0.05) is 3.57 Å². The predicted molar refractivity (Wildman–Crippen MR) is 100 cm³/mol.